The zero-order valence-electron chi connectivity index (χ0n) is 9.77. The van der Waals surface area contributed by atoms with Crippen molar-refractivity contribution < 1.29 is 4.79 Å². The van der Waals surface area contributed by atoms with Crippen molar-refractivity contribution in [2.75, 3.05) is 11.1 Å². The number of benzene rings is 1. The maximum Gasteiger partial charge on any atom is 0.256 e. The molecule has 0 aliphatic carbocycles. The van der Waals surface area contributed by atoms with Crippen LogP contribution in [0, 0.1) is 6.92 Å². The van der Waals surface area contributed by atoms with Crippen LogP contribution in [-0.4, -0.2) is 10.9 Å². The summed E-state index contributed by atoms with van der Waals surface area (Å²) < 4.78 is 0.858. The number of nitrogens with zero attached hydrogens (tertiary/aromatic N) is 1. The van der Waals surface area contributed by atoms with Gasteiger partial charge in [-0.3, -0.25) is 4.79 Å². The topological polar surface area (TPSA) is 68.0 Å². The molecule has 2 aromatic rings. The number of carbonyl (C=O) groups excluding carboxylic acids is 1. The summed E-state index contributed by atoms with van der Waals surface area (Å²) in [6.45, 7) is 1.85. The smallest absolute Gasteiger partial charge is 0.256 e. The number of hydrogen-bond acceptors (Lipinski definition) is 3. The molecule has 5 heteroatoms. The number of nitrogen functional groups attached to an aromatic ring is 1. The van der Waals surface area contributed by atoms with Crippen LogP contribution in [0.2, 0.25) is 0 Å². The molecule has 1 amide bonds. The Labute approximate surface area is 113 Å². The van der Waals surface area contributed by atoms with E-state index in [-0.39, 0.29) is 5.91 Å². The monoisotopic (exact) mass is 305 g/mol. The predicted octanol–water partition coefficient (Wildman–Crippen LogP) is 2.99. The highest BCUT2D eigenvalue weighted by atomic mass is 79.9. The van der Waals surface area contributed by atoms with Gasteiger partial charge in [0, 0.05) is 10.0 Å². The third-order valence-corrected chi connectivity index (χ3v) is 2.91. The van der Waals surface area contributed by atoms with Crippen LogP contribution in [0.15, 0.2) is 41.0 Å². The molecule has 1 aromatic carbocycles. The van der Waals surface area contributed by atoms with Crippen LogP contribution in [-0.2, 0) is 0 Å². The third kappa shape index (κ3) is 2.87. The molecule has 0 unspecified atom stereocenters. The third-order valence-electron chi connectivity index (χ3n) is 2.42. The van der Waals surface area contributed by atoms with Gasteiger partial charge >= 0.3 is 0 Å². The molecule has 0 fully saturated rings. The van der Waals surface area contributed by atoms with E-state index in [0.29, 0.717) is 17.1 Å². The maximum atomic E-state index is 12.0. The molecule has 0 atom stereocenters. The van der Waals surface area contributed by atoms with E-state index in [9.17, 15) is 4.79 Å². The number of rotatable bonds is 2. The minimum Gasteiger partial charge on any atom is -0.397 e. The first kappa shape index (κ1) is 12.6. The van der Waals surface area contributed by atoms with Gasteiger partial charge in [0.2, 0.25) is 0 Å². The van der Waals surface area contributed by atoms with Crippen molar-refractivity contribution in [2.45, 2.75) is 6.92 Å². The van der Waals surface area contributed by atoms with Gasteiger partial charge in [0.15, 0.2) is 0 Å². The molecule has 0 radical (unpaired) electrons. The fraction of sp³-hybridized carbons (Fsp3) is 0.0769. The number of pyridine rings is 1. The summed E-state index contributed by atoms with van der Waals surface area (Å²) in [5.41, 5.74) is 7.59. The number of hydrogen-bond donors (Lipinski definition) is 2. The second-order valence-electron chi connectivity index (χ2n) is 3.90. The van der Waals surface area contributed by atoms with Gasteiger partial charge < -0.3 is 11.1 Å². The molecule has 4 nitrogen and oxygen atoms in total. The Hall–Kier alpha value is -1.88. The van der Waals surface area contributed by atoms with Gasteiger partial charge in [-0.1, -0.05) is 22.0 Å². The molecule has 18 heavy (non-hydrogen) atoms. The van der Waals surface area contributed by atoms with Crippen molar-refractivity contribution in [1.82, 2.24) is 4.98 Å². The molecule has 0 spiro atoms. The van der Waals surface area contributed by atoms with Gasteiger partial charge in [-0.05, 0) is 36.8 Å². The Balaban J connectivity index is 2.21. The summed E-state index contributed by atoms with van der Waals surface area (Å²) in [4.78, 5) is 16.1. The number of amides is 1. The van der Waals surface area contributed by atoms with E-state index in [0.717, 1.165) is 10.0 Å². The minimum absolute atomic E-state index is 0.198. The van der Waals surface area contributed by atoms with Crippen molar-refractivity contribution in [3.8, 4) is 0 Å². The summed E-state index contributed by atoms with van der Waals surface area (Å²) >= 11 is 3.33. The second-order valence-corrected chi connectivity index (χ2v) is 4.81. The summed E-state index contributed by atoms with van der Waals surface area (Å²) in [5, 5.41) is 2.75. The maximum absolute atomic E-state index is 12.0. The molecule has 0 aliphatic heterocycles. The molecule has 2 rings (SSSR count). The van der Waals surface area contributed by atoms with Gasteiger partial charge in [-0.25, -0.2) is 4.98 Å². The SMILES string of the molecule is Cc1cc(N)cnc1NC(=O)c1cccc(Br)c1. The van der Waals surface area contributed by atoms with Gasteiger partial charge in [-0.15, -0.1) is 0 Å². The largest absolute Gasteiger partial charge is 0.397 e. The van der Waals surface area contributed by atoms with Crippen LogP contribution in [0.5, 0.6) is 0 Å². The Bertz CT molecular complexity index is 599. The number of carbonyl (C=O) groups is 1. The van der Waals surface area contributed by atoms with E-state index >= 15 is 0 Å². The van der Waals surface area contributed by atoms with Gasteiger partial charge in [0.05, 0.1) is 11.9 Å². The normalized spacial score (nSPS) is 10.1. The molecule has 0 saturated carbocycles. The van der Waals surface area contributed by atoms with Crippen LogP contribution >= 0.6 is 15.9 Å². The number of nitrogens with two attached hydrogens (primary N) is 1. The molecule has 3 N–H and O–H groups in total. The van der Waals surface area contributed by atoms with Gasteiger partial charge in [-0.2, -0.15) is 0 Å². The molecular formula is C13H12BrN3O. The molecule has 1 aromatic heterocycles. The van der Waals surface area contributed by atoms with E-state index in [1.165, 1.54) is 6.20 Å². The lowest BCUT2D eigenvalue weighted by atomic mass is 10.2. The molecule has 0 saturated heterocycles. The van der Waals surface area contributed by atoms with Gasteiger partial charge in [0.1, 0.15) is 5.82 Å². The van der Waals surface area contributed by atoms with Crippen molar-refractivity contribution in [1.29, 1.82) is 0 Å². The van der Waals surface area contributed by atoms with Crippen LogP contribution in [0.1, 0.15) is 15.9 Å². The first-order valence-electron chi connectivity index (χ1n) is 5.35. The fourth-order valence-corrected chi connectivity index (χ4v) is 1.94. The standard InChI is InChI=1S/C13H12BrN3O/c1-8-5-11(15)7-16-12(8)17-13(18)9-3-2-4-10(14)6-9/h2-7H,15H2,1H3,(H,16,17,18). The quantitative estimate of drug-likeness (QED) is 0.896. The zero-order chi connectivity index (χ0) is 13.1. The number of nitrogens with one attached hydrogen (secondary N) is 1. The zero-order valence-corrected chi connectivity index (χ0v) is 11.4. The fourth-order valence-electron chi connectivity index (χ4n) is 1.54. The van der Waals surface area contributed by atoms with Crippen molar-refractivity contribution in [2.24, 2.45) is 0 Å². The average Bonchev–Trinajstić information content (AvgIpc) is 2.32. The Morgan fingerprint density at radius 1 is 1.39 bits per heavy atom. The highest BCUT2D eigenvalue weighted by Crippen LogP contribution is 2.16. The summed E-state index contributed by atoms with van der Waals surface area (Å²) in [6.07, 6.45) is 1.52. The van der Waals surface area contributed by atoms with Gasteiger partial charge in [0.25, 0.3) is 5.91 Å². The van der Waals surface area contributed by atoms with E-state index in [4.69, 9.17) is 5.73 Å². The van der Waals surface area contributed by atoms with Crippen molar-refractivity contribution >= 4 is 33.3 Å². The summed E-state index contributed by atoms with van der Waals surface area (Å²) in [6, 6.07) is 8.93. The van der Waals surface area contributed by atoms with E-state index in [1.54, 1.807) is 18.2 Å². The van der Waals surface area contributed by atoms with Crippen molar-refractivity contribution in [3.05, 3.63) is 52.1 Å². The highest BCUT2D eigenvalue weighted by molar-refractivity contribution is 9.10. The van der Waals surface area contributed by atoms with E-state index < -0.39 is 0 Å². The average molecular weight is 306 g/mol. The predicted molar refractivity (Wildman–Crippen MR) is 75.5 cm³/mol. The molecule has 0 aliphatic rings. The lowest BCUT2D eigenvalue weighted by Crippen LogP contribution is -2.14. The Kier molecular flexibility index (Phi) is 3.62. The summed E-state index contributed by atoms with van der Waals surface area (Å²) in [7, 11) is 0. The van der Waals surface area contributed by atoms with Crippen LogP contribution < -0.4 is 11.1 Å². The Morgan fingerprint density at radius 3 is 2.83 bits per heavy atom. The van der Waals surface area contributed by atoms with Crippen LogP contribution in [0.25, 0.3) is 0 Å². The lowest BCUT2D eigenvalue weighted by Gasteiger charge is -2.08. The Morgan fingerprint density at radius 2 is 2.17 bits per heavy atom. The lowest BCUT2D eigenvalue weighted by molar-refractivity contribution is 0.102. The summed E-state index contributed by atoms with van der Waals surface area (Å²) in [5.74, 6) is 0.325. The van der Waals surface area contributed by atoms with Crippen molar-refractivity contribution in [3.63, 3.8) is 0 Å². The van der Waals surface area contributed by atoms with Crippen LogP contribution in [0.4, 0.5) is 11.5 Å². The number of anilines is 2. The molecule has 1 heterocycles. The first-order valence-corrected chi connectivity index (χ1v) is 6.14. The first-order chi connectivity index (χ1) is 8.56. The minimum atomic E-state index is -0.198. The molecule has 0 bridgehead atoms. The number of halogens is 1. The number of aromatic nitrogens is 1. The molecule has 92 valence electrons. The highest BCUT2D eigenvalue weighted by Gasteiger charge is 2.08. The number of aryl methyl sites for hydroxylation is 1. The van der Waals surface area contributed by atoms with Crippen LogP contribution in [0.3, 0.4) is 0 Å². The van der Waals surface area contributed by atoms with E-state index in [1.807, 2.05) is 19.1 Å². The molecular weight excluding hydrogens is 294 g/mol. The van der Waals surface area contributed by atoms with E-state index in [2.05, 4.69) is 26.2 Å². The second kappa shape index (κ2) is 5.18.